The molecule has 3 atom stereocenters. The zero-order chi connectivity index (χ0) is 19.8. The molecule has 5 heteroatoms. The lowest BCUT2D eigenvalue weighted by molar-refractivity contribution is -0.117. The third kappa shape index (κ3) is 3.26. The molecule has 2 aromatic carbocycles. The molecule has 1 aliphatic carbocycles. The molecule has 1 saturated carbocycles. The van der Waals surface area contributed by atoms with Crippen LogP contribution in [0, 0.1) is 11.8 Å². The van der Waals surface area contributed by atoms with Crippen molar-refractivity contribution in [1.29, 1.82) is 0 Å². The minimum absolute atomic E-state index is 0.0985. The lowest BCUT2D eigenvalue weighted by Gasteiger charge is -2.46. The predicted octanol–water partition coefficient (Wildman–Crippen LogP) is 4.41. The lowest BCUT2D eigenvalue weighted by atomic mass is 9.80. The number of carbonyl (C=O) groups excluding carboxylic acids is 2. The minimum atomic E-state index is -0.339. The van der Waals surface area contributed by atoms with Gasteiger partial charge >= 0.3 is 5.97 Å². The number of hydrogen-bond donors (Lipinski definition) is 1. The normalized spacial score (nSPS) is 23.7. The summed E-state index contributed by atoms with van der Waals surface area (Å²) in [6.07, 6.45) is 2.36. The van der Waals surface area contributed by atoms with Crippen LogP contribution in [0.1, 0.15) is 48.7 Å². The van der Waals surface area contributed by atoms with E-state index in [1.165, 1.54) is 20.0 Å². The van der Waals surface area contributed by atoms with E-state index in [1.54, 1.807) is 19.1 Å². The van der Waals surface area contributed by atoms with Gasteiger partial charge in [0.1, 0.15) is 0 Å². The van der Waals surface area contributed by atoms with Crippen molar-refractivity contribution in [1.82, 2.24) is 0 Å². The number of fused-ring (bicyclic) bond motifs is 1. The van der Waals surface area contributed by atoms with Gasteiger partial charge in [-0.25, -0.2) is 4.79 Å². The topological polar surface area (TPSA) is 58.6 Å². The van der Waals surface area contributed by atoms with Gasteiger partial charge in [-0.1, -0.05) is 25.1 Å². The fraction of sp³-hybridized carbons (Fsp3) is 0.391. The molecule has 0 bridgehead atoms. The van der Waals surface area contributed by atoms with Crippen LogP contribution in [0.4, 0.5) is 11.4 Å². The van der Waals surface area contributed by atoms with Gasteiger partial charge in [-0.2, -0.15) is 0 Å². The number of amides is 1. The Morgan fingerprint density at radius 1 is 1.07 bits per heavy atom. The fourth-order valence-corrected chi connectivity index (χ4v) is 4.51. The molecule has 5 nitrogen and oxygen atoms in total. The van der Waals surface area contributed by atoms with Crippen molar-refractivity contribution < 1.29 is 14.3 Å². The molecule has 1 amide bonds. The van der Waals surface area contributed by atoms with Gasteiger partial charge in [0.05, 0.1) is 18.7 Å². The van der Waals surface area contributed by atoms with Crippen LogP contribution in [-0.4, -0.2) is 25.0 Å². The zero-order valence-corrected chi connectivity index (χ0v) is 16.5. The standard InChI is InChI=1S/C23H26N2O3/c1-14-21(24-18-12-10-17(11-13-18)23(27)28-3)19-6-4-5-7-20(19)25(15(2)26)22(14)16-8-9-16/h4-7,10-14,16,21-22,24H,8-9H2,1-3H3/t14-,21?,22-/m1/s1. The van der Waals surface area contributed by atoms with Gasteiger partial charge in [0.15, 0.2) is 0 Å². The lowest BCUT2D eigenvalue weighted by Crippen LogP contribution is -2.51. The number of nitrogens with one attached hydrogen (secondary N) is 1. The minimum Gasteiger partial charge on any atom is -0.465 e. The Morgan fingerprint density at radius 2 is 1.75 bits per heavy atom. The van der Waals surface area contributed by atoms with Gasteiger partial charge in [-0.05, 0) is 54.7 Å². The average molecular weight is 378 g/mol. The van der Waals surface area contributed by atoms with Crippen LogP contribution in [0.2, 0.25) is 0 Å². The van der Waals surface area contributed by atoms with E-state index in [1.807, 2.05) is 35.2 Å². The number of carbonyl (C=O) groups is 2. The van der Waals surface area contributed by atoms with Gasteiger partial charge in [0, 0.05) is 30.3 Å². The van der Waals surface area contributed by atoms with E-state index in [2.05, 4.69) is 18.3 Å². The van der Waals surface area contributed by atoms with Crippen molar-refractivity contribution in [2.75, 3.05) is 17.3 Å². The van der Waals surface area contributed by atoms with Crippen LogP contribution < -0.4 is 10.2 Å². The Bertz CT molecular complexity index is 889. The smallest absolute Gasteiger partial charge is 0.337 e. The van der Waals surface area contributed by atoms with Gasteiger partial charge in [-0.15, -0.1) is 0 Å². The van der Waals surface area contributed by atoms with Gasteiger partial charge in [-0.3, -0.25) is 4.79 Å². The quantitative estimate of drug-likeness (QED) is 0.801. The Balaban J connectivity index is 1.68. The van der Waals surface area contributed by atoms with E-state index in [0.717, 1.165) is 16.9 Å². The maximum Gasteiger partial charge on any atom is 0.337 e. The Labute approximate surface area is 165 Å². The second kappa shape index (κ2) is 7.30. The highest BCUT2D eigenvalue weighted by molar-refractivity contribution is 5.94. The number of para-hydroxylation sites is 1. The summed E-state index contributed by atoms with van der Waals surface area (Å²) in [5.74, 6) is 0.607. The van der Waals surface area contributed by atoms with Crippen LogP contribution in [-0.2, 0) is 9.53 Å². The molecule has 1 unspecified atom stereocenters. The number of rotatable bonds is 4. The second-order valence-corrected chi connectivity index (χ2v) is 7.83. The van der Waals surface area contributed by atoms with Crippen LogP contribution in [0.5, 0.6) is 0 Å². The first-order valence-corrected chi connectivity index (χ1v) is 9.85. The van der Waals surface area contributed by atoms with E-state index >= 15 is 0 Å². The molecule has 2 aromatic rings. The number of benzene rings is 2. The molecule has 4 rings (SSSR count). The number of esters is 1. The van der Waals surface area contributed by atoms with Gasteiger partial charge in [0.25, 0.3) is 0 Å². The highest BCUT2D eigenvalue weighted by atomic mass is 16.5. The van der Waals surface area contributed by atoms with Crippen molar-refractivity contribution in [3.8, 4) is 0 Å². The van der Waals surface area contributed by atoms with Gasteiger partial charge < -0.3 is 15.0 Å². The number of methoxy groups -OCH3 is 1. The van der Waals surface area contributed by atoms with Crippen molar-refractivity contribution >= 4 is 23.3 Å². The highest BCUT2D eigenvalue weighted by Crippen LogP contribution is 2.49. The van der Waals surface area contributed by atoms with E-state index in [9.17, 15) is 9.59 Å². The number of nitrogens with zero attached hydrogens (tertiary/aromatic N) is 1. The average Bonchev–Trinajstić information content (AvgIpc) is 3.54. The van der Waals surface area contributed by atoms with Crippen LogP contribution in [0.15, 0.2) is 48.5 Å². The first kappa shape index (κ1) is 18.5. The Kier molecular flexibility index (Phi) is 4.84. The first-order chi connectivity index (χ1) is 13.5. The molecular weight excluding hydrogens is 352 g/mol. The molecular formula is C23H26N2O3. The summed E-state index contributed by atoms with van der Waals surface area (Å²) in [7, 11) is 1.38. The van der Waals surface area contributed by atoms with Crippen LogP contribution in [0.3, 0.4) is 0 Å². The van der Waals surface area contributed by atoms with Crippen LogP contribution >= 0.6 is 0 Å². The summed E-state index contributed by atoms with van der Waals surface area (Å²) in [4.78, 5) is 26.2. The predicted molar refractivity (Wildman–Crippen MR) is 109 cm³/mol. The molecule has 0 radical (unpaired) electrons. The summed E-state index contributed by atoms with van der Waals surface area (Å²) in [5.41, 5.74) is 3.63. The summed E-state index contributed by atoms with van der Waals surface area (Å²) in [6, 6.07) is 15.8. The molecule has 1 aliphatic heterocycles. The Hall–Kier alpha value is -2.82. The van der Waals surface area contributed by atoms with Crippen molar-refractivity contribution in [3.63, 3.8) is 0 Å². The van der Waals surface area contributed by atoms with E-state index in [-0.39, 0.29) is 29.9 Å². The second-order valence-electron chi connectivity index (χ2n) is 7.83. The molecule has 1 N–H and O–H groups in total. The highest BCUT2D eigenvalue weighted by Gasteiger charge is 2.47. The Morgan fingerprint density at radius 3 is 2.36 bits per heavy atom. The molecule has 1 fully saturated rings. The van der Waals surface area contributed by atoms with E-state index in [0.29, 0.717) is 11.5 Å². The SMILES string of the molecule is COC(=O)c1ccc(NC2c3ccccc3N(C(C)=O)[C@@H](C3CC3)[C@@H]2C)cc1. The van der Waals surface area contributed by atoms with Crippen LogP contribution in [0.25, 0.3) is 0 Å². The monoisotopic (exact) mass is 378 g/mol. The summed E-state index contributed by atoms with van der Waals surface area (Å²) >= 11 is 0. The molecule has 0 spiro atoms. The summed E-state index contributed by atoms with van der Waals surface area (Å²) in [5, 5.41) is 3.65. The number of hydrogen-bond acceptors (Lipinski definition) is 4. The summed E-state index contributed by atoms with van der Waals surface area (Å²) < 4.78 is 4.77. The van der Waals surface area contributed by atoms with Crippen molar-refractivity contribution in [3.05, 3.63) is 59.7 Å². The number of ether oxygens (including phenoxy) is 1. The molecule has 28 heavy (non-hydrogen) atoms. The molecule has 0 aromatic heterocycles. The molecule has 146 valence electrons. The maximum atomic E-state index is 12.5. The third-order valence-electron chi connectivity index (χ3n) is 5.97. The molecule has 1 heterocycles. The number of anilines is 2. The fourth-order valence-electron chi connectivity index (χ4n) is 4.51. The van der Waals surface area contributed by atoms with Crippen molar-refractivity contribution in [2.45, 2.75) is 38.8 Å². The van der Waals surface area contributed by atoms with Crippen molar-refractivity contribution in [2.24, 2.45) is 11.8 Å². The summed E-state index contributed by atoms with van der Waals surface area (Å²) in [6.45, 7) is 3.90. The first-order valence-electron chi connectivity index (χ1n) is 9.85. The van der Waals surface area contributed by atoms with E-state index in [4.69, 9.17) is 4.74 Å². The van der Waals surface area contributed by atoms with Gasteiger partial charge in [0.2, 0.25) is 5.91 Å². The molecule has 2 aliphatic rings. The zero-order valence-electron chi connectivity index (χ0n) is 16.5. The largest absolute Gasteiger partial charge is 0.465 e. The molecule has 0 saturated heterocycles. The maximum absolute atomic E-state index is 12.5. The third-order valence-corrected chi connectivity index (χ3v) is 5.97. The van der Waals surface area contributed by atoms with E-state index < -0.39 is 0 Å².